The molecule has 0 aliphatic heterocycles. The SMILES string of the molecule is c1ccc(-c2sc(-c3ccccc3)c3c2C(c2ccccc2)c2c(-c4ccccc4)sc(-c4ccccc4)c2C3c2ccccc2)cc1. The number of hydrogen-bond acceptors (Lipinski definition) is 2. The Morgan fingerprint density at radius 1 is 0.250 bits per heavy atom. The van der Waals surface area contributed by atoms with Crippen LogP contribution in [0.2, 0.25) is 0 Å². The van der Waals surface area contributed by atoms with Crippen molar-refractivity contribution < 1.29 is 0 Å². The highest BCUT2D eigenvalue weighted by Gasteiger charge is 2.43. The normalized spacial score (nSPS) is 15.1. The zero-order valence-corrected chi connectivity index (χ0v) is 27.9. The summed E-state index contributed by atoms with van der Waals surface area (Å²) in [7, 11) is 0. The van der Waals surface area contributed by atoms with E-state index in [2.05, 4.69) is 182 Å². The third-order valence-corrected chi connectivity index (χ3v) is 12.2. The number of benzene rings is 6. The minimum Gasteiger partial charge on any atom is -0.135 e. The van der Waals surface area contributed by atoms with E-state index in [-0.39, 0.29) is 11.8 Å². The van der Waals surface area contributed by atoms with Gasteiger partial charge in [-0.05, 0) is 55.6 Å². The van der Waals surface area contributed by atoms with Gasteiger partial charge in [-0.15, -0.1) is 22.7 Å². The molecular weight excluding hydrogens is 617 g/mol. The molecule has 8 aromatic rings. The van der Waals surface area contributed by atoms with Crippen molar-refractivity contribution in [2.45, 2.75) is 11.8 Å². The van der Waals surface area contributed by atoms with E-state index in [0.717, 1.165) is 0 Å². The average molecular weight is 649 g/mol. The first kappa shape index (κ1) is 28.9. The molecule has 0 spiro atoms. The van der Waals surface area contributed by atoms with Crippen molar-refractivity contribution in [3.8, 4) is 41.8 Å². The molecule has 0 atom stereocenters. The topological polar surface area (TPSA) is 0 Å². The van der Waals surface area contributed by atoms with Gasteiger partial charge in [-0.2, -0.15) is 0 Å². The summed E-state index contributed by atoms with van der Waals surface area (Å²) in [6.45, 7) is 0. The Bertz CT molecular complexity index is 2010. The minimum atomic E-state index is 0.0593. The number of thiophene rings is 2. The molecule has 2 heteroatoms. The van der Waals surface area contributed by atoms with Gasteiger partial charge in [0, 0.05) is 31.3 Å². The van der Waals surface area contributed by atoms with Crippen molar-refractivity contribution in [2.75, 3.05) is 0 Å². The van der Waals surface area contributed by atoms with Crippen LogP contribution in [0, 0.1) is 0 Å². The highest BCUT2D eigenvalue weighted by Crippen LogP contribution is 2.63. The van der Waals surface area contributed by atoms with E-state index in [1.54, 1.807) is 0 Å². The monoisotopic (exact) mass is 648 g/mol. The molecule has 1 aliphatic carbocycles. The van der Waals surface area contributed by atoms with Crippen LogP contribution in [0.4, 0.5) is 0 Å². The summed E-state index contributed by atoms with van der Waals surface area (Å²) in [5, 5.41) is 0. The Balaban J connectivity index is 1.49. The van der Waals surface area contributed by atoms with Gasteiger partial charge in [-0.25, -0.2) is 0 Å². The van der Waals surface area contributed by atoms with Crippen LogP contribution in [0.1, 0.15) is 45.2 Å². The van der Waals surface area contributed by atoms with Crippen LogP contribution < -0.4 is 0 Å². The first-order valence-corrected chi connectivity index (χ1v) is 18.1. The van der Waals surface area contributed by atoms with Gasteiger partial charge >= 0.3 is 0 Å². The van der Waals surface area contributed by atoms with Gasteiger partial charge in [0.05, 0.1) is 0 Å². The predicted molar refractivity (Wildman–Crippen MR) is 205 cm³/mol. The van der Waals surface area contributed by atoms with Crippen molar-refractivity contribution in [1.82, 2.24) is 0 Å². The lowest BCUT2D eigenvalue weighted by atomic mass is 9.67. The van der Waals surface area contributed by atoms with Gasteiger partial charge < -0.3 is 0 Å². The molecule has 0 fully saturated rings. The summed E-state index contributed by atoms with van der Waals surface area (Å²) in [5.74, 6) is 0.119. The van der Waals surface area contributed by atoms with E-state index in [9.17, 15) is 0 Å². The van der Waals surface area contributed by atoms with E-state index < -0.39 is 0 Å². The Morgan fingerprint density at radius 3 is 0.688 bits per heavy atom. The average Bonchev–Trinajstić information content (AvgIpc) is 3.76. The lowest BCUT2D eigenvalue weighted by Gasteiger charge is -2.34. The van der Waals surface area contributed by atoms with Crippen molar-refractivity contribution in [3.63, 3.8) is 0 Å². The van der Waals surface area contributed by atoms with Crippen molar-refractivity contribution in [3.05, 3.63) is 215 Å². The summed E-state index contributed by atoms with van der Waals surface area (Å²) >= 11 is 3.92. The third-order valence-electron chi connectivity index (χ3n) is 9.53. The van der Waals surface area contributed by atoms with Gasteiger partial charge in [0.15, 0.2) is 0 Å². The van der Waals surface area contributed by atoms with E-state index in [4.69, 9.17) is 0 Å². The van der Waals surface area contributed by atoms with Crippen LogP contribution >= 0.6 is 22.7 Å². The Kier molecular flexibility index (Phi) is 7.46. The standard InChI is InChI=1S/C46H32S2/c1-7-19-31(20-8-1)37-39-41(45(35-27-15-5-16-28-35)47-43(39)33-23-11-3-12-24-33)38(32-21-9-2-10-22-32)42-40(37)44(34-25-13-4-14-26-34)48-46(42)36-29-17-6-18-30-36/h1-30,37-38H. The Labute approximate surface area is 290 Å². The second-order valence-electron chi connectivity index (χ2n) is 12.3. The molecule has 0 unspecified atom stereocenters. The second kappa shape index (κ2) is 12.4. The van der Waals surface area contributed by atoms with Gasteiger partial charge in [0.2, 0.25) is 0 Å². The molecule has 0 saturated carbocycles. The molecule has 0 N–H and O–H groups in total. The Hall–Kier alpha value is -5.28. The molecule has 9 rings (SSSR count). The number of rotatable bonds is 6. The van der Waals surface area contributed by atoms with E-state index >= 15 is 0 Å². The van der Waals surface area contributed by atoms with Gasteiger partial charge in [0.1, 0.15) is 0 Å². The first-order chi connectivity index (χ1) is 23.9. The molecule has 0 nitrogen and oxygen atoms in total. The van der Waals surface area contributed by atoms with Crippen LogP contribution in [0.15, 0.2) is 182 Å². The largest absolute Gasteiger partial charge is 0.135 e. The number of hydrogen-bond donors (Lipinski definition) is 0. The Morgan fingerprint density at radius 2 is 0.458 bits per heavy atom. The van der Waals surface area contributed by atoms with Crippen LogP contribution in [0.3, 0.4) is 0 Å². The van der Waals surface area contributed by atoms with Crippen molar-refractivity contribution >= 4 is 22.7 Å². The molecule has 0 amide bonds. The lowest BCUT2D eigenvalue weighted by molar-refractivity contribution is 0.844. The summed E-state index contributed by atoms with van der Waals surface area (Å²) < 4.78 is 0. The fraction of sp³-hybridized carbons (Fsp3) is 0.0435. The minimum absolute atomic E-state index is 0.0593. The molecule has 0 bridgehead atoms. The zero-order chi connectivity index (χ0) is 31.9. The molecule has 0 saturated heterocycles. The number of fused-ring (bicyclic) bond motifs is 2. The molecule has 228 valence electrons. The van der Waals surface area contributed by atoms with Gasteiger partial charge in [0.25, 0.3) is 0 Å². The molecular formula is C46H32S2. The van der Waals surface area contributed by atoms with Crippen molar-refractivity contribution in [1.29, 1.82) is 0 Å². The maximum Gasteiger partial charge on any atom is 0.0394 e. The molecule has 0 radical (unpaired) electrons. The van der Waals surface area contributed by atoms with Gasteiger partial charge in [-0.1, -0.05) is 182 Å². The lowest BCUT2D eigenvalue weighted by Crippen LogP contribution is -2.20. The summed E-state index contributed by atoms with van der Waals surface area (Å²) in [4.78, 5) is 5.43. The first-order valence-electron chi connectivity index (χ1n) is 16.5. The van der Waals surface area contributed by atoms with E-state index in [1.165, 1.54) is 75.1 Å². The van der Waals surface area contributed by atoms with Crippen molar-refractivity contribution in [2.24, 2.45) is 0 Å². The summed E-state index contributed by atoms with van der Waals surface area (Å²) in [5.41, 5.74) is 13.5. The highest BCUT2D eigenvalue weighted by molar-refractivity contribution is 7.20. The molecule has 2 heterocycles. The molecule has 2 aromatic heterocycles. The third kappa shape index (κ3) is 4.88. The van der Waals surface area contributed by atoms with E-state index in [0.29, 0.717) is 0 Å². The van der Waals surface area contributed by atoms with Crippen LogP contribution in [0.25, 0.3) is 41.8 Å². The smallest absolute Gasteiger partial charge is 0.0394 e. The van der Waals surface area contributed by atoms with Crippen LogP contribution in [0.5, 0.6) is 0 Å². The fourth-order valence-electron chi connectivity index (χ4n) is 7.52. The maximum atomic E-state index is 2.34. The van der Waals surface area contributed by atoms with Crippen LogP contribution in [-0.4, -0.2) is 0 Å². The second-order valence-corrected chi connectivity index (χ2v) is 14.4. The molecule has 48 heavy (non-hydrogen) atoms. The van der Waals surface area contributed by atoms with Gasteiger partial charge in [-0.3, -0.25) is 0 Å². The molecule has 6 aromatic carbocycles. The zero-order valence-electron chi connectivity index (χ0n) is 26.3. The predicted octanol–water partition coefficient (Wildman–Crippen LogP) is 13.2. The molecule has 1 aliphatic rings. The quantitative estimate of drug-likeness (QED) is 0.168. The highest BCUT2D eigenvalue weighted by atomic mass is 32.1. The summed E-state index contributed by atoms with van der Waals surface area (Å²) in [6, 6.07) is 66.7. The van der Waals surface area contributed by atoms with E-state index in [1.807, 2.05) is 22.7 Å². The fourth-order valence-corrected chi connectivity index (χ4v) is 10.3. The maximum absolute atomic E-state index is 2.34. The van der Waals surface area contributed by atoms with Crippen LogP contribution in [-0.2, 0) is 0 Å². The summed E-state index contributed by atoms with van der Waals surface area (Å²) in [6.07, 6.45) is 0.